The molecule has 1 saturated heterocycles. The first-order valence-corrected chi connectivity index (χ1v) is 6.40. The van der Waals surface area contributed by atoms with Gasteiger partial charge >= 0.3 is 12.3 Å². The van der Waals surface area contributed by atoms with Gasteiger partial charge in [0, 0.05) is 19.1 Å². The molecule has 1 aromatic rings. The average molecular weight is 304 g/mol. The number of piperidine rings is 1. The Morgan fingerprint density at radius 3 is 2.57 bits per heavy atom. The van der Waals surface area contributed by atoms with Crippen LogP contribution < -0.4 is 15.8 Å². The van der Waals surface area contributed by atoms with Crippen molar-refractivity contribution in [2.24, 2.45) is 0 Å². The van der Waals surface area contributed by atoms with E-state index in [1.165, 1.54) is 6.07 Å². The maximum Gasteiger partial charge on any atom is 0.433 e. The number of nitrogens with zero attached hydrogens (tertiary/aromatic N) is 2. The highest BCUT2D eigenvalue weighted by atomic mass is 19.4. The van der Waals surface area contributed by atoms with Crippen molar-refractivity contribution in [3.63, 3.8) is 0 Å². The fourth-order valence-electron chi connectivity index (χ4n) is 2.17. The van der Waals surface area contributed by atoms with Crippen LogP contribution in [-0.4, -0.2) is 35.3 Å². The Morgan fingerprint density at radius 1 is 1.33 bits per heavy atom. The summed E-state index contributed by atoms with van der Waals surface area (Å²) < 4.78 is 37.9. The second kappa shape index (κ2) is 6.17. The third-order valence-corrected chi connectivity index (χ3v) is 3.23. The maximum atomic E-state index is 12.6. The van der Waals surface area contributed by atoms with E-state index in [1.807, 2.05) is 0 Å². The van der Waals surface area contributed by atoms with Gasteiger partial charge in [-0.15, -0.1) is 0 Å². The van der Waals surface area contributed by atoms with Gasteiger partial charge in [0.1, 0.15) is 11.5 Å². The first-order chi connectivity index (χ1) is 9.86. The zero-order valence-electron chi connectivity index (χ0n) is 11.0. The number of rotatable bonds is 3. The van der Waals surface area contributed by atoms with Gasteiger partial charge in [0.15, 0.2) is 0 Å². The van der Waals surface area contributed by atoms with Crippen LogP contribution >= 0.6 is 0 Å². The lowest BCUT2D eigenvalue weighted by atomic mass is 10.1. The topological polar surface area (TPSA) is 77.5 Å². The quantitative estimate of drug-likeness (QED) is 0.743. The van der Waals surface area contributed by atoms with Crippen molar-refractivity contribution < 1.29 is 23.1 Å². The highest BCUT2D eigenvalue weighted by Crippen LogP contribution is 2.29. The molecule has 0 radical (unpaired) electrons. The smallest absolute Gasteiger partial charge is 0.433 e. The van der Waals surface area contributed by atoms with Crippen molar-refractivity contribution >= 4 is 11.9 Å². The number of pyridine rings is 1. The van der Waals surface area contributed by atoms with Crippen LogP contribution in [0.1, 0.15) is 18.5 Å². The van der Waals surface area contributed by atoms with Gasteiger partial charge in [0.05, 0.1) is 0 Å². The van der Waals surface area contributed by atoms with E-state index >= 15 is 0 Å². The molecule has 0 unspecified atom stereocenters. The number of alkyl halides is 3. The number of carbonyl (C=O) groups is 1. The second-order valence-corrected chi connectivity index (χ2v) is 4.71. The molecule has 1 fully saturated rings. The minimum atomic E-state index is -4.46. The Hall–Kier alpha value is -2.03. The molecule has 0 bridgehead atoms. The van der Waals surface area contributed by atoms with Crippen LogP contribution in [0.3, 0.4) is 0 Å². The lowest BCUT2D eigenvalue weighted by Gasteiger charge is -2.33. The Balaban J connectivity index is 1.95. The molecule has 116 valence electrons. The fourth-order valence-corrected chi connectivity index (χ4v) is 2.17. The number of anilines is 1. The molecule has 6 nitrogen and oxygen atoms in total. The van der Waals surface area contributed by atoms with E-state index in [0.717, 1.165) is 6.07 Å². The number of hydrazine groups is 1. The maximum absolute atomic E-state index is 12.6. The molecular formula is C12H15F3N4O2. The first-order valence-electron chi connectivity index (χ1n) is 6.40. The molecule has 3 N–H and O–H groups in total. The summed E-state index contributed by atoms with van der Waals surface area (Å²) in [5, 5.41) is 8.48. The highest BCUT2D eigenvalue weighted by Gasteiger charge is 2.33. The molecule has 0 aromatic carbocycles. The summed E-state index contributed by atoms with van der Waals surface area (Å²) in [6, 6.07) is 3.78. The molecule has 2 rings (SSSR count). The highest BCUT2D eigenvalue weighted by molar-refractivity contribution is 5.63. The van der Waals surface area contributed by atoms with Crippen LogP contribution in [0.2, 0.25) is 0 Å². The standard InChI is InChI=1S/C12H15F3N4O2/c13-12(14,15)9-2-1-3-10(16-9)19-6-4-8(5-7-19)17-18-11(20)21/h1-3,8,17-18H,4-7H2,(H,20,21). The Bertz CT molecular complexity index is 502. The third-order valence-electron chi connectivity index (χ3n) is 3.23. The van der Waals surface area contributed by atoms with E-state index in [1.54, 1.807) is 11.0 Å². The van der Waals surface area contributed by atoms with Crippen molar-refractivity contribution in [2.75, 3.05) is 18.0 Å². The number of carboxylic acid groups (broad SMARTS) is 1. The number of halogens is 3. The van der Waals surface area contributed by atoms with Crippen LogP contribution in [0, 0.1) is 0 Å². The van der Waals surface area contributed by atoms with E-state index in [-0.39, 0.29) is 11.9 Å². The molecule has 9 heteroatoms. The Morgan fingerprint density at radius 2 is 2.00 bits per heavy atom. The van der Waals surface area contributed by atoms with Gasteiger partial charge in [-0.1, -0.05) is 6.07 Å². The normalized spacial score (nSPS) is 16.8. The Labute approximate surface area is 118 Å². The molecule has 0 aliphatic carbocycles. The van der Waals surface area contributed by atoms with Crippen molar-refractivity contribution in [1.29, 1.82) is 0 Å². The minimum absolute atomic E-state index is 0.0388. The van der Waals surface area contributed by atoms with Gasteiger partial charge in [-0.25, -0.2) is 15.2 Å². The van der Waals surface area contributed by atoms with Crippen molar-refractivity contribution in [3.05, 3.63) is 23.9 Å². The molecule has 0 atom stereocenters. The molecule has 1 aliphatic heterocycles. The van der Waals surface area contributed by atoms with E-state index < -0.39 is 18.0 Å². The fraction of sp³-hybridized carbons (Fsp3) is 0.500. The van der Waals surface area contributed by atoms with Crippen molar-refractivity contribution in [3.8, 4) is 0 Å². The van der Waals surface area contributed by atoms with Crippen LogP contribution in [0.25, 0.3) is 0 Å². The summed E-state index contributed by atoms with van der Waals surface area (Å²) in [5.74, 6) is 0.287. The van der Waals surface area contributed by atoms with E-state index in [9.17, 15) is 18.0 Å². The van der Waals surface area contributed by atoms with Gasteiger partial charge in [-0.05, 0) is 25.0 Å². The SMILES string of the molecule is O=C(O)NNC1CCN(c2cccc(C(F)(F)F)n2)CC1. The van der Waals surface area contributed by atoms with Gasteiger partial charge in [0.25, 0.3) is 0 Å². The molecule has 2 heterocycles. The number of aromatic nitrogens is 1. The van der Waals surface area contributed by atoms with Gasteiger partial charge in [-0.3, -0.25) is 5.43 Å². The molecule has 0 spiro atoms. The number of hydrogen-bond donors (Lipinski definition) is 3. The molecule has 1 amide bonds. The zero-order chi connectivity index (χ0) is 15.5. The Kier molecular flexibility index (Phi) is 4.51. The van der Waals surface area contributed by atoms with Crippen molar-refractivity contribution in [2.45, 2.75) is 25.1 Å². The zero-order valence-corrected chi connectivity index (χ0v) is 11.0. The molecule has 1 aliphatic rings. The van der Waals surface area contributed by atoms with E-state index in [2.05, 4.69) is 15.8 Å². The van der Waals surface area contributed by atoms with Crippen molar-refractivity contribution in [1.82, 2.24) is 15.8 Å². The van der Waals surface area contributed by atoms with E-state index in [4.69, 9.17) is 5.11 Å². The van der Waals surface area contributed by atoms with Gasteiger partial charge < -0.3 is 10.0 Å². The van der Waals surface area contributed by atoms with Crippen LogP contribution in [0.5, 0.6) is 0 Å². The summed E-state index contributed by atoms with van der Waals surface area (Å²) in [6.45, 7) is 1.01. The van der Waals surface area contributed by atoms with Crippen LogP contribution in [0.15, 0.2) is 18.2 Å². The summed E-state index contributed by atoms with van der Waals surface area (Å²) >= 11 is 0. The number of nitrogens with one attached hydrogen (secondary N) is 2. The number of amides is 1. The van der Waals surface area contributed by atoms with Crippen LogP contribution in [-0.2, 0) is 6.18 Å². The second-order valence-electron chi connectivity index (χ2n) is 4.71. The monoisotopic (exact) mass is 304 g/mol. The summed E-state index contributed by atoms with van der Waals surface area (Å²) in [6.07, 6.45) is -4.41. The predicted molar refractivity (Wildman–Crippen MR) is 68.8 cm³/mol. The van der Waals surface area contributed by atoms with Crippen LogP contribution in [0.4, 0.5) is 23.8 Å². The van der Waals surface area contributed by atoms with E-state index in [0.29, 0.717) is 25.9 Å². The number of hydrogen-bond acceptors (Lipinski definition) is 4. The molecular weight excluding hydrogens is 289 g/mol. The third kappa shape index (κ3) is 4.22. The summed E-state index contributed by atoms with van der Waals surface area (Å²) in [5.41, 5.74) is 3.83. The minimum Gasteiger partial charge on any atom is -0.464 e. The lowest BCUT2D eigenvalue weighted by molar-refractivity contribution is -0.141. The average Bonchev–Trinajstić information content (AvgIpc) is 2.45. The lowest BCUT2D eigenvalue weighted by Crippen LogP contribution is -2.49. The molecule has 1 aromatic heterocycles. The predicted octanol–water partition coefficient (Wildman–Crippen LogP) is 1.84. The first kappa shape index (κ1) is 15.4. The molecule has 21 heavy (non-hydrogen) atoms. The largest absolute Gasteiger partial charge is 0.464 e. The van der Waals surface area contributed by atoms with Gasteiger partial charge in [-0.2, -0.15) is 13.2 Å². The summed E-state index contributed by atoms with van der Waals surface area (Å²) in [4.78, 5) is 15.8. The molecule has 0 saturated carbocycles. The summed E-state index contributed by atoms with van der Waals surface area (Å²) in [7, 11) is 0. The van der Waals surface area contributed by atoms with Gasteiger partial charge in [0.2, 0.25) is 0 Å².